The number of pyridine rings is 1. The molecule has 9 heteroatoms. The molecule has 1 fully saturated rings. The Balaban J connectivity index is 2.11. The van der Waals surface area contributed by atoms with E-state index >= 15 is 0 Å². The summed E-state index contributed by atoms with van der Waals surface area (Å²) >= 11 is 0. The van der Waals surface area contributed by atoms with Crippen molar-refractivity contribution in [2.45, 2.75) is 57.6 Å². The minimum Gasteiger partial charge on any atom is -0.460 e. The molecule has 2 aromatic rings. The van der Waals surface area contributed by atoms with E-state index in [9.17, 15) is 13.2 Å². The van der Waals surface area contributed by atoms with Crippen molar-refractivity contribution >= 4 is 9.84 Å². The fourth-order valence-electron chi connectivity index (χ4n) is 3.32. The van der Waals surface area contributed by atoms with Crippen LogP contribution in [0.25, 0.3) is 11.3 Å². The van der Waals surface area contributed by atoms with Gasteiger partial charge in [0, 0.05) is 37.2 Å². The van der Waals surface area contributed by atoms with Gasteiger partial charge in [0.1, 0.15) is 6.10 Å². The van der Waals surface area contributed by atoms with Crippen LogP contribution in [0.2, 0.25) is 0 Å². The summed E-state index contributed by atoms with van der Waals surface area (Å²) in [4.78, 5) is 21.2. The molecule has 3 rings (SSSR count). The zero-order valence-electron chi connectivity index (χ0n) is 18.1. The number of hydrogen-bond acceptors (Lipinski definition) is 7. The molecule has 3 heterocycles. The van der Waals surface area contributed by atoms with Crippen LogP contribution in [0.5, 0.6) is 6.01 Å². The Kier molecular flexibility index (Phi) is 6.62. The lowest BCUT2D eigenvalue weighted by atomic mass is 10.1. The highest BCUT2D eigenvalue weighted by Crippen LogP contribution is 2.28. The second-order valence-electron chi connectivity index (χ2n) is 8.04. The highest BCUT2D eigenvalue weighted by molar-refractivity contribution is 7.91. The molecule has 1 aliphatic heterocycles. The summed E-state index contributed by atoms with van der Waals surface area (Å²) < 4.78 is 38.1. The number of sulfone groups is 1. The lowest BCUT2D eigenvalue weighted by Crippen LogP contribution is -2.27. The molecule has 1 aliphatic rings. The zero-order chi connectivity index (χ0) is 22.1. The fraction of sp³-hybridized carbons (Fsp3) is 0.571. The average Bonchev–Trinajstić information content (AvgIpc) is 2.68. The number of aryl methyl sites for hydroxylation is 2. The largest absolute Gasteiger partial charge is 0.460 e. The zero-order valence-corrected chi connectivity index (χ0v) is 19.0. The smallest absolute Gasteiger partial charge is 0.317 e. The predicted octanol–water partition coefficient (Wildman–Crippen LogP) is 2.34. The number of rotatable bonds is 6. The minimum absolute atomic E-state index is 0.0780. The van der Waals surface area contributed by atoms with Crippen LogP contribution in [0.15, 0.2) is 17.1 Å². The van der Waals surface area contributed by atoms with E-state index < -0.39 is 15.1 Å². The third kappa shape index (κ3) is 4.89. The fourth-order valence-corrected chi connectivity index (χ4v) is 4.32. The highest BCUT2D eigenvalue weighted by Gasteiger charge is 2.24. The molecule has 30 heavy (non-hydrogen) atoms. The normalized spacial score (nSPS) is 15.5. The van der Waals surface area contributed by atoms with Gasteiger partial charge in [-0.2, -0.15) is 9.97 Å². The topological polar surface area (TPSA) is 100 Å². The molecular formula is C21H29N3O5S. The Morgan fingerprint density at radius 3 is 2.50 bits per heavy atom. The first kappa shape index (κ1) is 22.4. The highest BCUT2D eigenvalue weighted by atomic mass is 32.2. The third-order valence-electron chi connectivity index (χ3n) is 5.36. The first-order valence-corrected chi connectivity index (χ1v) is 11.8. The maximum Gasteiger partial charge on any atom is 0.317 e. The third-order valence-corrected chi connectivity index (χ3v) is 7.47. The van der Waals surface area contributed by atoms with E-state index in [2.05, 4.69) is 9.97 Å². The van der Waals surface area contributed by atoms with E-state index in [1.165, 1.54) is 4.57 Å². The van der Waals surface area contributed by atoms with Crippen LogP contribution in [-0.2, 0) is 27.4 Å². The first-order valence-electron chi connectivity index (χ1n) is 10.1. The molecule has 0 amide bonds. The quantitative estimate of drug-likeness (QED) is 0.686. The summed E-state index contributed by atoms with van der Waals surface area (Å²) in [5.74, 6) is -0.194. The second-order valence-corrected chi connectivity index (χ2v) is 10.6. The number of nitrogens with zero attached hydrogens (tertiary/aromatic N) is 3. The Morgan fingerprint density at radius 1 is 1.23 bits per heavy atom. The van der Waals surface area contributed by atoms with E-state index in [0.29, 0.717) is 35.7 Å². The summed E-state index contributed by atoms with van der Waals surface area (Å²) in [7, 11) is -1.69. The van der Waals surface area contributed by atoms with Crippen LogP contribution in [0.4, 0.5) is 0 Å². The maximum atomic E-state index is 12.6. The summed E-state index contributed by atoms with van der Waals surface area (Å²) in [5, 5.41) is -0.519. The van der Waals surface area contributed by atoms with Gasteiger partial charge in [-0.05, 0) is 39.3 Å². The molecule has 8 nitrogen and oxygen atoms in total. The van der Waals surface area contributed by atoms with Gasteiger partial charge in [-0.3, -0.25) is 4.79 Å². The molecule has 0 bridgehead atoms. The van der Waals surface area contributed by atoms with Gasteiger partial charge >= 0.3 is 6.01 Å². The van der Waals surface area contributed by atoms with E-state index in [1.807, 2.05) is 0 Å². The van der Waals surface area contributed by atoms with Crippen molar-refractivity contribution in [3.63, 3.8) is 0 Å². The van der Waals surface area contributed by atoms with Gasteiger partial charge in [0.2, 0.25) is 0 Å². The van der Waals surface area contributed by atoms with Gasteiger partial charge in [-0.15, -0.1) is 0 Å². The molecule has 0 aliphatic carbocycles. The second kappa shape index (κ2) is 8.85. The molecule has 2 aromatic heterocycles. The SMILES string of the molecule is Cc1c(CS(=O)(=O)C(C)C)nc(OC2CCOCC2)nc1-c1cc(C)c(=O)n(C)c1. The van der Waals surface area contributed by atoms with Crippen molar-refractivity contribution < 1.29 is 17.9 Å². The molecule has 0 spiro atoms. The van der Waals surface area contributed by atoms with Crippen LogP contribution >= 0.6 is 0 Å². The molecule has 1 saturated heterocycles. The van der Waals surface area contributed by atoms with Crippen molar-refractivity contribution in [1.29, 1.82) is 0 Å². The lowest BCUT2D eigenvalue weighted by molar-refractivity contribution is 0.0216. The van der Waals surface area contributed by atoms with Gasteiger partial charge in [0.15, 0.2) is 9.84 Å². The minimum atomic E-state index is -3.37. The van der Waals surface area contributed by atoms with Crippen LogP contribution in [0, 0.1) is 13.8 Å². The average molecular weight is 436 g/mol. The van der Waals surface area contributed by atoms with Crippen molar-refractivity contribution in [2.75, 3.05) is 13.2 Å². The molecule has 0 saturated carbocycles. The maximum absolute atomic E-state index is 12.6. The Hall–Kier alpha value is -2.26. The van der Waals surface area contributed by atoms with Gasteiger partial charge in [0.25, 0.3) is 5.56 Å². The van der Waals surface area contributed by atoms with Crippen molar-refractivity contribution in [3.05, 3.63) is 39.4 Å². The van der Waals surface area contributed by atoms with Crippen LogP contribution in [-0.4, -0.2) is 47.5 Å². The molecule has 0 N–H and O–H groups in total. The summed E-state index contributed by atoms with van der Waals surface area (Å²) in [6.07, 6.45) is 3.07. The van der Waals surface area contributed by atoms with Crippen molar-refractivity contribution in [3.8, 4) is 17.3 Å². The lowest BCUT2D eigenvalue weighted by Gasteiger charge is -2.23. The van der Waals surface area contributed by atoms with Crippen LogP contribution in [0.1, 0.15) is 43.5 Å². The van der Waals surface area contributed by atoms with Crippen molar-refractivity contribution in [1.82, 2.24) is 14.5 Å². The standard InChI is InChI=1S/C21H29N3O5S/c1-13(2)30(26,27)12-18-15(4)19(16-10-14(3)20(25)24(5)11-16)23-21(22-18)29-17-6-8-28-9-7-17/h10-11,13,17H,6-9,12H2,1-5H3. The number of ether oxygens (including phenoxy) is 2. The van der Waals surface area contributed by atoms with Crippen molar-refractivity contribution in [2.24, 2.45) is 7.05 Å². The van der Waals surface area contributed by atoms with Gasteiger partial charge < -0.3 is 14.0 Å². The van der Waals surface area contributed by atoms with Gasteiger partial charge in [-0.25, -0.2) is 8.42 Å². The van der Waals surface area contributed by atoms with Crippen LogP contribution < -0.4 is 10.3 Å². The molecule has 0 aromatic carbocycles. The molecule has 0 unspecified atom stereocenters. The molecule has 0 radical (unpaired) electrons. The van der Waals surface area contributed by atoms with Gasteiger partial charge in [0.05, 0.1) is 35.6 Å². The first-order chi connectivity index (χ1) is 14.1. The molecular weight excluding hydrogens is 406 g/mol. The Labute approximate surface area is 177 Å². The van der Waals surface area contributed by atoms with Crippen LogP contribution in [0.3, 0.4) is 0 Å². The Bertz CT molecular complexity index is 1060. The van der Waals surface area contributed by atoms with E-state index in [0.717, 1.165) is 18.4 Å². The summed E-state index contributed by atoms with van der Waals surface area (Å²) in [5.41, 5.74) is 2.86. The van der Waals surface area contributed by atoms with E-state index in [-0.39, 0.29) is 23.4 Å². The summed E-state index contributed by atoms with van der Waals surface area (Å²) in [6, 6.07) is 1.92. The predicted molar refractivity (Wildman–Crippen MR) is 114 cm³/mol. The number of hydrogen-bond donors (Lipinski definition) is 0. The summed E-state index contributed by atoms with van der Waals surface area (Å²) in [6.45, 7) is 8.08. The monoisotopic (exact) mass is 435 g/mol. The number of aromatic nitrogens is 3. The Morgan fingerprint density at radius 2 is 1.90 bits per heavy atom. The molecule has 0 atom stereocenters. The van der Waals surface area contributed by atoms with E-state index in [4.69, 9.17) is 9.47 Å². The van der Waals surface area contributed by atoms with E-state index in [1.54, 1.807) is 47.0 Å². The van der Waals surface area contributed by atoms with Gasteiger partial charge in [-0.1, -0.05) is 0 Å². The molecule has 164 valence electrons.